The summed E-state index contributed by atoms with van der Waals surface area (Å²) < 4.78 is 0.770. The van der Waals surface area contributed by atoms with Gasteiger partial charge in [0.1, 0.15) is 18.2 Å². The van der Waals surface area contributed by atoms with Gasteiger partial charge in [-0.3, -0.25) is 14.4 Å². The summed E-state index contributed by atoms with van der Waals surface area (Å²) in [6.07, 6.45) is 0.922. The molecule has 3 aliphatic rings. The third-order valence-electron chi connectivity index (χ3n) is 9.33. The van der Waals surface area contributed by atoms with E-state index in [1.807, 2.05) is 84.9 Å². The van der Waals surface area contributed by atoms with Crippen molar-refractivity contribution in [3.8, 4) is 0 Å². The van der Waals surface area contributed by atoms with Crippen LogP contribution in [0.2, 0.25) is 0 Å². The van der Waals surface area contributed by atoms with Crippen LogP contribution < -0.4 is 10.6 Å². The van der Waals surface area contributed by atoms with E-state index in [1.54, 1.807) is 21.3 Å². The van der Waals surface area contributed by atoms with Gasteiger partial charge in [-0.1, -0.05) is 93.9 Å². The van der Waals surface area contributed by atoms with Crippen molar-refractivity contribution in [2.75, 3.05) is 6.61 Å². The predicted molar refractivity (Wildman–Crippen MR) is 174 cm³/mol. The Hall–Kier alpha value is -3.74. The summed E-state index contributed by atoms with van der Waals surface area (Å²) in [6.45, 7) is 0.0900. The lowest BCUT2D eigenvalue weighted by Gasteiger charge is -2.37. The van der Waals surface area contributed by atoms with Gasteiger partial charge in [-0.2, -0.15) is 0 Å². The van der Waals surface area contributed by atoms with E-state index in [-0.39, 0.29) is 41.1 Å². The normalized spacial score (nSPS) is 27.5. The molecule has 3 aromatic carbocycles. The molecular weight excluding hydrogens is 656 g/mol. The highest BCUT2D eigenvalue weighted by Crippen LogP contribution is 2.68. The molecule has 7 atom stereocenters. The van der Waals surface area contributed by atoms with Crippen molar-refractivity contribution in [1.29, 1.82) is 0 Å². The molecular formula is C33H33BrN6O4S. The Labute approximate surface area is 273 Å². The summed E-state index contributed by atoms with van der Waals surface area (Å²) in [5.74, 6) is -2.12. The van der Waals surface area contributed by atoms with Crippen molar-refractivity contribution in [3.05, 3.63) is 96.1 Å². The van der Waals surface area contributed by atoms with E-state index in [2.05, 4.69) is 36.9 Å². The molecule has 232 valence electrons. The molecule has 7 rings (SSSR count). The van der Waals surface area contributed by atoms with Gasteiger partial charge in [-0.25, -0.2) is 4.68 Å². The second-order valence-electron chi connectivity index (χ2n) is 11.9. The monoisotopic (exact) mass is 688 g/mol. The van der Waals surface area contributed by atoms with Crippen LogP contribution in [0.15, 0.2) is 84.9 Å². The summed E-state index contributed by atoms with van der Waals surface area (Å²) in [6, 6.07) is 25.2. The Balaban J connectivity index is 1.21. The number of hydrogen-bond donors (Lipinski definition) is 3. The number of thioether (sulfide) groups is 1. The number of benzene rings is 3. The van der Waals surface area contributed by atoms with Gasteiger partial charge in [-0.15, -0.1) is 16.9 Å². The van der Waals surface area contributed by atoms with Gasteiger partial charge in [0.2, 0.25) is 17.7 Å². The van der Waals surface area contributed by atoms with Crippen molar-refractivity contribution < 1.29 is 19.5 Å². The molecule has 1 aromatic heterocycles. The zero-order chi connectivity index (χ0) is 31.1. The molecule has 4 aromatic rings. The van der Waals surface area contributed by atoms with Gasteiger partial charge >= 0.3 is 0 Å². The average Bonchev–Trinajstić information content (AvgIpc) is 3.79. The van der Waals surface area contributed by atoms with Crippen LogP contribution in [0.1, 0.15) is 17.5 Å². The maximum Gasteiger partial charge on any atom is 0.245 e. The van der Waals surface area contributed by atoms with E-state index in [0.717, 1.165) is 16.6 Å². The predicted octanol–water partition coefficient (Wildman–Crippen LogP) is 2.89. The minimum atomic E-state index is -0.896. The molecule has 3 unspecified atom stereocenters. The molecule has 10 nitrogen and oxygen atoms in total. The summed E-state index contributed by atoms with van der Waals surface area (Å²) in [5.41, 5.74) is 3.40. The Kier molecular flexibility index (Phi) is 8.13. The van der Waals surface area contributed by atoms with Crippen molar-refractivity contribution in [1.82, 2.24) is 30.5 Å². The molecule has 12 heteroatoms. The standard InChI is InChI=1S/C33H33BrN6O4S/c34-23-16-33-27(26(28(23)45-33)30(42)35-17-21-11-5-2-6-12-21)32(44)40(22(18-41)15-20-9-3-1-4-10-20)29(33)31(43)36-19-39-25-14-8-7-13-24(25)37-38-39/h1-14,22-23,26-29,41H,15-19H2,(H,35,42)(H,36,43)/t22-,23?,26+,27+,28+,29?,33?/m1/s1. The summed E-state index contributed by atoms with van der Waals surface area (Å²) in [5, 5.41) is 25.0. The first kappa shape index (κ1) is 29.9. The molecule has 0 aliphatic carbocycles. The van der Waals surface area contributed by atoms with Gasteiger partial charge in [0.05, 0.1) is 34.7 Å². The van der Waals surface area contributed by atoms with Crippen LogP contribution in [0, 0.1) is 11.8 Å². The number of likely N-dealkylation sites (tertiary alicyclic amines) is 1. The maximum atomic E-state index is 14.6. The summed E-state index contributed by atoms with van der Waals surface area (Å²) in [4.78, 5) is 44.3. The largest absolute Gasteiger partial charge is 0.394 e. The first-order valence-electron chi connectivity index (χ1n) is 15.1. The van der Waals surface area contributed by atoms with E-state index in [4.69, 9.17) is 0 Å². The number of carbonyl (C=O) groups is 3. The quantitative estimate of drug-likeness (QED) is 0.219. The van der Waals surface area contributed by atoms with Crippen LogP contribution in [0.4, 0.5) is 0 Å². The van der Waals surface area contributed by atoms with Crippen LogP contribution in [0.5, 0.6) is 0 Å². The number of hydrogen-bond acceptors (Lipinski definition) is 7. The zero-order valence-electron chi connectivity index (χ0n) is 24.3. The summed E-state index contributed by atoms with van der Waals surface area (Å²) >= 11 is 5.39. The van der Waals surface area contributed by atoms with Crippen LogP contribution in [-0.4, -0.2) is 76.2 Å². The second kappa shape index (κ2) is 12.2. The molecule has 1 spiro atoms. The first-order valence-corrected chi connectivity index (χ1v) is 16.9. The first-order chi connectivity index (χ1) is 21.9. The Bertz CT molecular complexity index is 1720. The van der Waals surface area contributed by atoms with Crippen molar-refractivity contribution in [3.63, 3.8) is 0 Å². The van der Waals surface area contributed by atoms with E-state index in [1.165, 1.54) is 0 Å². The van der Waals surface area contributed by atoms with Gasteiger partial charge in [-0.05, 0) is 36.1 Å². The fraction of sp³-hybridized carbons (Fsp3) is 0.364. The molecule has 4 heterocycles. The molecule has 45 heavy (non-hydrogen) atoms. The van der Waals surface area contributed by atoms with Crippen molar-refractivity contribution in [2.45, 2.75) is 53.0 Å². The average molecular weight is 690 g/mol. The maximum absolute atomic E-state index is 14.6. The highest BCUT2D eigenvalue weighted by molar-refractivity contribution is 9.09. The number of alkyl halides is 1. The third-order valence-corrected chi connectivity index (χ3v) is 12.5. The number of nitrogens with one attached hydrogen (secondary N) is 2. The fourth-order valence-corrected chi connectivity index (χ4v) is 11.0. The summed E-state index contributed by atoms with van der Waals surface area (Å²) in [7, 11) is 0. The van der Waals surface area contributed by atoms with Crippen LogP contribution in [0.3, 0.4) is 0 Å². The molecule has 3 saturated heterocycles. The van der Waals surface area contributed by atoms with Crippen LogP contribution in [0.25, 0.3) is 11.0 Å². The number of amides is 3. The number of halogens is 1. The minimum absolute atomic E-state index is 0.0600. The Morgan fingerprint density at radius 1 is 0.978 bits per heavy atom. The number of fused-ring (bicyclic) bond motifs is 2. The van der Waals surface area contributed by atoms with Gasteiger partial charge in [0, 0.05) is 16.6 Å². The molecule has 0 saturated carbocycles. The van der Waals surface area contributed by atoms with E-state index >= 15 is 0 Å². The number of para-hydroxylation sites is 1. The molecule has 3 amide bonds. The molecule has 3 fully saturated rings. The number of aromatic nitrogens is 3. The Morgan fingerprint density at radius 3 is 2.40 bits per heavy atom. The number of aliphatic hydroxyl groups excluding tert-OH is 1. The Morgan fingerprint density at radius 2 is 1.67 bits per heavy atom. The van der Waals surface area contributed by atoms with Gasteiger partial charge in [0.25, 0.3) is 0 Å². The third kappa shape index (κ3) is 5.22. The van der Waals surface area contributed by atoms with Crippen LogP contribution >= 0.6 is 27.7 Å². The van der Waals surface area contributed by atoms with Crippen molar-refractivity contribution in [2.24, 2.45) is 11.8 Å². The topological polar surface area (TPSA) is 129 Å². The lowest BCUT2D eigenvalue weighted by molar-refractivity contribution is -0.142. The lowest BCUT2D eigenvalue weighted by atomic mass is 9.70. The van der Waals surface area contributed by atoms with Gasteiger partial charge in [0.15, 0.2) is 0 Å². The minimum Gasteiger partial charge on any atom is -0.394 e. The highest BCUT2D eigenvalue weighted by Gasteiger charge is 2.76. The zero-order valence-corrected chi connectivity index (χ0v) is 26.7. The van der Waals surface area contributed by atoms with Crippen molar-refractivity contribution >= 4 is 56.4 Å². The van der Waals surface area contributed by atoms with Gasteiger partial charge < -0.3 is 20.6 Å². The SMILES string of the molecule is O=C(NCn1nnc2ccccc21)C1N([C@@H](CO)Cc2ccccc2)C(=O)[C@@H]2[C@H](C(=O)NCc3ccccc3)[C@H]3SC12CC3Br. The number of nitrogens with zero attached hydrogens (tertiary/aromatic N) is 4. The molecule has 0 radical (unpaired) electrons. The molecule has 2 bridgehead atoms. The lowest BCUT2D eigenvalue weighted by Crippen LogP contribution is -2.57. The van der Waals surface area contributed by atoms with E-state index in [0.29, 0.717) is 24.9 Å². The number of carbonyl (C=O) groups excluding carboxylic acids is 3. The van der Waals surface area contributed by atoms with Crippen LogP contribution in [-0.2, 0) is 34.0 Å². The van der Waals surface area contributed by atoms with E-state index in [9.17, 15) is 19.5 Å². The second-order valence-corrected chi connectivity index (χ2v) is 14.6. The number of aliphatic hydroxyl groups is 1. The van der Waals surface area contributed by atoms with E-state index < -0.39 is 28.7 Å². The highest BCUT2D eigenvalue weighted by atomic mass is 79.9. The smallest absolute Gasteiger partial charge is 0.245 e. The molecule has 3 aliphatic heterocycles. The fourth-order valence-electron chi connectivity index (χ4n) is 7.38. The molecule has 3 N–H and O–H groups in total. The number of rotatable bonds is 10.